The van der Waals surface area contributed by atoms with Crippen LogP contribution in [0.2, 0.25) is 0 Å². The number of H-pyrrole nitrogens is 1. The molecule has 0 saturated heterocycles. The van der Waals surface area contributed by atoms with Crippen molar-refractivity contribution < 1.29 is 30.6 Å². The topological polar surface area (TPSA) is 75.7 Å². The first-order valence-corrected chi connectivity index (χ1v) is 8.36. The summed E-state index contributed by atoms with van der Waals surface area (Å²) >= 11 is 0.629. The fourth-order valence-corrected chi connectivity index (χ4v) is 3.71. The second-order valence-electron chi connectivity index (χ2n) is 4.43. The fraction of sp³-hybridized carbons (Fsp3) is 0.364. The zero-order valence-corrected chi connectivity index (χ0v) is 13.0. The summed E-state index contributed by atoms with van der Waals surface area (Å²) in [5.74, 6) is -1.43. The third-order valence-electron chi connectivity index (χ3n) is 2.51. The second kappa shape index (κ2) is 6.63. The Morgan fingerprint density at radius 1 is 1.04 bits per heavy atom. The number of aromatic nitrogens is 3. The quantitative estimate of drug-likeness (QED) is 0.814. The second-order valence-corrected chi connectivity index (χ2v) is 6.83. The maximum Gasteiger partial charge on any atom is 0.434 e. The molecule has 13 heteroatoms. The Labute approximate surface area is 136 Å². The minimum Gasteiger partial charge on any atom is -0.310 e. The highest BCUT2D eigenvalue weighted by Gasteiger charge is 2.34. The fourth-order valence-electron chi connectivity index (χ4n) is 1.57. The predicted molar refractivity (Wildman–Crippen MR) is 72.5 cm³/mol. The molecule has 0 saturated carbocycles. The molecule has 24 heavy (non-hydrogen) atoms. The normalized spacial score (nSPS) is 13.9. The van der Waals surface area contributed by atoms with E-state index in [1.807, 2.05) is 4.98 Å². The van der Waals surface area contributed by atoms with Crippen LogP contribution in [-0.4, -0.2) is 19.2 Å². The van der Waals surface area contributed by atoms with Crippen LogP contribution >= 0.6 is 11.3 Å². The lowest BCUT2D eigenvalue weighted by Crippen LogP contribution is -2.19. The van der Waals surface area contributed by atoms with Gasteiger partial charge in [-0.1, -0.05) is 0 Å². The van der Waals surface area contributed by atoms with Crippen LogP contribution in [0.4, 0.5) is 26.3 Å². The predicted octanol–water partition coefficient (Wildman–Crippen LogP) is 2.71. The van der Waals surface area contributed by atoms with Crippen LogP contribution in [0.25, 0.3) is 0 Å². The molecule has 0 spiro atoms. The smallest absolute Gasteiger partial charge is 0.310 e. The first-order valence-electron chi connectivity index (χ1n) is 5.99. The summed E-state index contributed by atoms with van der Waals surface area (Å²) in [4.78, 5) is 19.6. The lowest BCUT2D eigenvalue weighted by atomic mass is 10.4. The molecular formula is C11H7F6N3O2S2. The van der Waals surface area contributed by atoms with Crippen molar-refractivity contribution in [3.05, 3.63) is 44.0 Å². The molecule has 2 aromatic heterocycles. The summed E-state index contributed by atoms with van der Waals surface area (Å²) in [6.45, 7) is 0. The van der Waals surface area contributed by atoms with Crippen LogP contribution in [0, 0.1) is 0 Å². The number of alkyl halides is 6. The summed E-state index contributed by atoms with van der Waals surface area (Å²) in [6.07, 6.45) is -9.48. The molecule has 0 aliphatic rings. The minimum atomic E-state index is -4.85. The zero-order valence-electron chi connectivity index (χ0n) is 11.4. The first kappa shape index (κ1) is 18.6. The van der Waals surface area contributed by atoms with E-state index in [1.54, 1.807) is 0 Å². The highest BCUT2D eigenvalue weighted by atomic mass is 32.2. The molecule has 2 rings (SSSR count). The Balaban J connectivity index is 2.12. The maximum absolute atomic E-state index is 12.5. The van der Waals surface area contributed by atoms with E-state index in [0.29, 0.717) is 11.3 Å². The van der Waals surface area contributed by atoms with Crippen LogP contribution in [0.1, 0.15) is 22.2 Å². The van der Waals surface area contributed by atoms with E-state index in [9.17, 15) is 35.3 Å². The molecular weight excluding hydrogens is 384 g/mol. The zero-order chi connectivity index (χ0) is 18.1. The average molecular weight is 391 g/mol. The molecule has 0 bridgehead atoms. The third kappa shape index (κ3) is 4.87. The molecule has 132 valence electrons. The van der Waals surface area contributed by atoms with Gasteiger partial charge in [-0.25, -0.2) is 9.97 Å². The van der Waals surface area contributed by atoms with Gasteiger partial charge in [0.15, 0.2) is 11.4 Å². The molecule has 5 nitrogen and oxygen atoms in total. The SMILES string of the molecule is O=c1cc(C(F)(F)F)nc(C[S@@](=O)Cc2nc(C(F)(F)F)cs2)[nH]1. The molecule has 0 aliphatic heterocycles. The summed E-state index contributed by atoms with van der Waals surface area (Å²) in [6, 6.07) is 0.253. The molecule has 0 aliphatic carbocycles. The van der Waals surface area contributed by atoms with Crippen molar-refractivity contribution in [2.75, 3.05) is 0 Å². The van der Waals surface area contributed by atoms with Crippen LogP contribution in [0.15, 0.2) is 16.2 Å². The van der Waals surface area contributed by atoms with Crippen LogP contribution in [0.5, 0.6) is 0 Å². The molecule has 0 fully saturated rings. The van der Waals surface area contributed by atoms with Crippen molar-refractivity contribution in [2.45, 2.75) is 23.9 Å². The molecule has 0 aromatic carbocycles. The lowest BCUT2D eigenvalue weighted by molar-refractivity contribution is -0.141. The largest absolute Gasteiger partial charge is 0.434 e. The van der Waals surface area contributed by atoms with Gasteiger partial charge in [-0.15, -0.1) is 11.3 Å². The van der Waals surface area contributed by atoms with Crippen molar-refractivity contribution in [3.8, 4) is 0 Å². The maximum atomic E-state index is 12.5. The van der Waals surface area contributed by atoms with Gasteiger partial charge in [-0.3, -0.25) is 9.00 Å². The number of aromatic amines is 1. The summed E-state index contributed by atoms with van der Waals surface area (Å²) in [7, 11) is -1.90. The molecule has 0 amide bonds. The van der Waals surface area contributed by atoms with E-state index in [2.05, 4.69) is 9.97 Å². The van der Waals surface area contributed by atoms with Crippen molar-refractivity contribution in [2.24, 2.45) is 0 Å². The van der Waals surface area contributed by atoms with Gasteiger partial charge in [0, 0.05) is 22.2 Å². The Kier molecular flexibility index (Phi) is 5.13. The number of nitrogens with zero attached hydrogens (tertiary/aromatic N) is 2. The Morgan fingerprint density at radius 2 is 1.67 bits per heavy atom. The Morgan fingerprint density at radius 3 is 2.21 bits per heavy atom. The van der Waals surface area contributed by atoms with E-state index in [4.69, 9.17) is 0 Å². The minimum absolute atomic E-state index is 0.0880. The van der Waals surface area contributed by atoms with Gasteiger partial charge >= 0.3 is 12.4 Å². The van der Waals surface area contributed by atoms with E-state index >= 15 is 0 Å². The van der Waals surface area contributed by atoms with E-state index in [-0.39, 0.29) is 11.1 Å². The summed E-state index contributed by atoms with van der Waals surface area (Å²) < 4.78 is 86.7. The molecule has 0 unspecified atom stereocenters. The molecule has 1 N–H and O–H groups in total. The number of hydrogen-bond donors (Lipinski definition) is 1. The van der Waals surface area contributed by atoms with Crippen molar-refractivity contribution in [1.29, 1.82) is 0 Å². The Bertz CT molecular complexity index is 811. The van der Waals surface area contributed by atoms with Gasteiger partial charge in [0.05, 0.1) is 11.5 Å². The van der Waals surface area contributed by atoms with E-state index in [0.717, 1.165) is 5.38 Å². The number of thiazole rings is 1. The first-order chi connectivity index (χ1) is 10.9. The number of nitrogens with one attached hydrogen (secondary N) is 1. The number of halogens is 6. The van der Waals surface area contributed by atoms with Gasteiger partial charge in [-0.2, -0.15) is 26.3 Å². The standard InChI is InChI=1S/C11H7F6N3O2S2/c12-10(13,14)5-1-8(21)20-7(18-5)3-24(22)4-9-19-6(2-23-9)11(15,16)17/h1-2H,3-4H2,(H,18,20,21)/t24-/m1/s1. The molecule has 1 atom stereocenters. The van der Waals surface area contributed by atoms with E-state index < -0.39 is 57.4 Å². The van der Waals surface area contributed by atoms with Gasteiger partial charge in [0.1, 0.15) is 10.8 Å². The average Bonchev–Trinajstić information content (AvgIpc) is 2.85. The van der Waals surface area contributed by atoms with Crippen molar-refractivity contribution in [3.63, 3.8) is 0 Å². The van der Waals surface area contributed by atoms with Crippen molar-refractivity contribution in [1.82, 2.24) is 15.0 Å². The summed E-state index contributed by atoms with van der Waals surface area (Å²) in [5, 5.41) is 0.659. The molecule has 2 aromatic rings. The lowest BCUT2D eigenvalue weighted by Gasteiger charge is -2.07. The highest BCUT2D eigenvalue weighted by molar-refractivity contribution is 7.83. The van der Waals surface area contributed by atoms with Crippen molar-refractivity contribution >= 4 is 22.1 Å². The highest BCUT2D eigenvalue weighted by Crippen LogP contribution is 2.30. The van der Waals surface area contributed by atoms with Crippen LogP contribution in [-0.2, 0) is 34.7 Å². The third-order valence-corrected chi connectivity index (χ3v) is 4.73. The van der Waals surface area contributed by atoms with E-state index in [1.165, 1.54) is 0 Å². The molecule has 2 heterocycles. The summed E-state index contributed by atoms with van der Waals surface area (Å²) in [5.41, 5.74) is -3.64. The van der Waals surface area contributed by atoms with Gasteiger partial charge in [0.2, 0.25) is 0 Å². The van der Waals surface area contributed by atoms with Crippen LogP contribution < -0.4 is 5.56 Å². The monoisotopic (exact) mass is 391 g/mol. The number of rotatable bonds is 4. The van der Waals surface area contributed by atoms with Gasteiger partial charge < -0.3 is 4.98 Å². The van der Waals surface area contributed by atoms with Gasteiger partial charge in [-0.05, 0) is 0 Å². The van der Waals surface area contributed by atoms with Gasteiger partial charge in [0.25, 0.3) is 5.56 Å². The molecule has 0 radical (unpaired) electrons. The Hall–Kier alpha value is -1.76. The van der Waals surface area contributed by atoms with Crippen LogP contribution in [0.3, 0.4) is 0 Å². The number of hydrogen-bond acceptors (Lipinski definition) is 5.